The molecule has 3 aromatic rings. The fourth-order valence-corrected chi connectivity index (χ4v) is 2.38. The Morgan fingerprint density at radius 1 is 1.24 bits per heavy atom. The number of hydrazone groups is 1. The highest BCUT2D eigenvalue weighted by Crippen LogP contribution is 2.30. The lowest BCUT2D eigenvalue weighted by Gasteiger charge is -2.04. The van der Waals surface area contributed by atoms with E-state index in [0.29, 0.717) is 27.9 Å². The summed E-state index contributed by atoms with van der Waals surface area (Å²) >= 11 is 6.12. The van der Waals surface area contributed by atoms with Gasteiger partial charge in [0, 0.05) is 23.5 Å². The van der Waals surface area contributed by atoms with Crippen LogP contribution in [0.15, 0.2) is 64.4 Å². The van der Waals surface area contributed by atoms with Crippen molar-refractivity contribution in [2.45, 2.75) is 0 Å². The number of nitrogens with zero attached hydrogens (tertiary/aromatic N) is 2. The van der Waals surface area contributed by atoms with E-state index in [1.165, 1.54) is 18.6 Å². The Morgan fingerprint density at radius 2 is 2.04 bits per heavy atom. The number of methoxy groups -OCH3 is 1. The topological polar surface area (TPSA) is 76.7 Å². The molecule has 1 aromatic carbocycles. The Bertz CT molecular complexity index is 907. The van der Waals surface area contributed by atoms with Crippen LogP contribution in [0.25, 0.3) is 11.3 Å². The number of benzene rings is 1. The van der Waals surface area contributed by atoms with Gasteiger partial charge >= 0.3 is 0 Å². The SMILES string of the molecule is COc1ccc(-c2ccc(/C=N\NC(=O)c3ccncc3)o2)cc1Cl. The largest absolute Gasteiger partial charge is 0.495 e. The molecule has 0 bridgehead atoms. The van der Waals surface area contributed by atoms with Crippen molar-refractivity contribution in [3.8, 4) is 17.1 Å². The number of pyridine rings is 1. The molecule has 6 nitrogen and oxygen atoms in total. The smallest absolute Gasteiger partial charge is 0.271 e. The van der Waals surface area contributed by atoms with Crippen LogP contribution in [0.2, 0.25) is 5.02 Å². The maximum atomic E-state index is 11.8. The average Bonchev–Trinajstić information content (AvgIpc) is 3.11. The number of nitrogens with one attached hydrogen (secondary N) is 1. The maximum Gasteiger partial charge on any atom is 0.271 e. The Labute approximate surface area is 149 Å². The zero-order valence-electron chi connectivity index (χ0n) is 13.3. The van der Waals surface area contributed by atoms with E-state index in [4.69, 9.17) is 20.8 Å². The van der Waals surface area contributed by atoms with Crippen molar-refractivity contribution in [2.75, 3.05) is 7.11 Å². The van der Waals surface area contributed by atoms with E-state index in [-0.39, 0.29) is 5.91 Å². The monoisotopic (exact) mass is 355 g/mol. The minimum absolute atomic E-state index is 0.327. The van der Waals surface area contributed by atoms with Crippen LogP contribution < -0.4 is 10.2 Å². The number of carbonyl (C=O) groups is 1. The van der Waals surface area contributed by atoms with Crippen molar-refractivity contribution in [3.05, 3.63) is 71.2 Å². The summed E-state index contributed by atoms with van der Waals surface area (Å²) in [5, 5.41) is 4.38. The fraction of sp³-hybridized carbons (Fsp3) is 0.0556. The number of hydrogen-bond acceptors (Lipinski definition) is 5. The van der Waals surface area contributed by atoms with E-state index in [0.717, 1.165) is 5.56 Å². The number of carbonyl (C=O) groups excluding carboxylic acids is 1. The second-order valence-corrected chi connectivity index (χ2v) is 5.39. The Morgan fingerprint density at radius 3 is 2.76 bits per heavy atom. The van der Waals surface area contributed by atoms with Crippen LogP contribution in [0.4, 0.5) is 0 Å². The molecular weight excluding hydrogens is 342 g/mol. The molecule has 0 atom stereocenters. The van der Waals surface area contributed by atoms with Gasteiger partial charge in [-0.1, -0.05) is 11.6 Å². The van der Waals surface area contributed by atoms with E-state index in [2.05, 4.69) is 15.5 Å². The summed E-state index contributed by atoms with van der Waals surface area (Å²) in [5.41, 5.74) is 3.71. The molecule has 0 spiro atoms. The van der Waals surface area contributed by atoms with E-state index in [1.807, 2.05) is 6.07 Å². The quantitative estimate of drug-likeness (QED) is 0.558. The van der Waals surface area contributed by atoms with E-state index >= 15 is 0 Å². The van der Waals surface area contributed by atoms with Gasteiger partial charge in [0.2, 0.25) is 0 Å². The summed E-state index contributed by atoms with van der Waals surface area (Å²) in [6.45, 7) is 0. The van der Waals surface area contributed by atoms with Gasteiger partial charge in [0.15, 0.2) is 0 Å². The van der Waals surface area contributed by atoms with Crippen molar-refractivity contribution >= 4 is 23.7 Å². The van der Waals surface area contributed by atoms with Crippen molar-refractivity contribution in [2.24, 2.45) is 5.10 Å². The molecule has 2 heterocycles. The van der Waals surface area contributed by atoms with Crippen LogP contribution in [0.1, 0.15) is 16.1 Å². The molecule has 0 saturated heterocycles. The maximum absolute atomic E-state index is 11.8. The first kappa shape index (κ1) is 16.7. The highest BCUT2D eigenvalue weighted by Gasteiger charge is 2.08. The minimum Gasteiger partial charge on any atom is -0.495 e. The van der Waals surface area contributed by atoms with Crippen LogP contribution >= 0.6 is 11.6 Å². The predicted molar refractivity (Wildman–Crippen MR) is 95.0 cm³/mol. The van der Waals surface area contributed by atoms with Gasteiger partial charge in [0.25, 0.3) is 5.91 Å². The zero-order valence-corrected chi connectivity index (χ0v) is 14.0. The van der Waals surface area contributed by atoms with Crippen molar-refractivity contribution in [1.29, 1.82) is 0 Å². The zero-order chi connectivity index (χ0) is 17.6. The lowest BCUT2D eigenvalue weighted by molar-refractivity contribution is 0.0955. The number of aromatic nitrogens is 1. The number of amides is 1. The number of ether oxygens (including phenoxy) is 1. The second-order valence-electron chi connectivity index (χ2n) is 4.99. The molecule has 1 N–H and O–H groups in total. The second kappa shape index (κ2) is 7.63. The molecule has 3 rings (SSSR count). The van der Waals surface area contributed by atoms with E-state index < -0.39 is 0 Å². The summed E-state index contributed by atoms with van der Waals surface area (Å²) in [4.78, 5) is 15.7. The van der Waals surface area contributed by atoms with Gasteiger partial charge in [-0.15, -0.1) is 0 Å². The molecule has 0 aliphatic rings. The fourth-order valence-electron chi connectivity index (χ4n) is 2.12. The predicted octanol–water partition coefficient (Wildman–Crippen LogP) is 3.77. The first-order chi connectivity index (χ1) is 12.2. The van der Waals surface area contributed by atoms with Crippen molar-refractivity contribution in [1.82, 2.24) is 10.4 Å². The van der Waals surface area contributed by atoms with Gasteiger partial charge in [-0.25, -0.2) is 5.43 Å². The molecule has 0 radical (unpaired) electrons. The number of furan rings is 1. The van der Waals surface area contributed by atoms with Crippen LogP contribution in [-0.4, -0.2) is 24.2 Å². The number of rotatable bonds is 5. The Hall–Kier alpha value is -3.12. The third kappa shape index (κ3) is 4.05. The van der Waals surface area contributed by atoms with Crippen LogP contribution in [0.3, 0.4) is 0 Å². The Kier molecular flexibility index (Phi) is 5.11. The van der Waals surface area contributed by atoms with Gasteiger partial charge in [-0.2, -0.15) is 5.10 Å². The molecule has 0 aliphatic heterocycles. The first-order valence-electron chi connectivity index (χ1n) is 7.34. The molecule has 0 unspecified atom stereocenters. The summed E-state index contributed by atoms with van der Waals surface area (Å²) < 4.78 is 10.8. The van der Waals surface area contributed by atoms with Gasteiger partial charge < -0.3 is 9.15 Å². The number of hydrogen-bond donors (Lipinski definition) is 1. The molecule has 2 aromatic heterocycles. The first-order valence-corrected chi connectivity index (χ1v) is 7.72. The average molecular weight is 356 g/mol. The summed E-state index contributed by atoms with van der Waals surface area (Å²) in [6.07, 6.45) is 4.50. The highest BCUT2D eigenvalue weighted by molar-refractivity contribution is 6.32. The van der Waals surface area contributed by atoms with E-state index in [1.54, 1.807) is 43.5 Å². The van der Waals surface area contributed by atoms with Crippen LogP contribution in [-0.2, 0) is 0 Å². The molecule has 126 valence electrons. The Balaban J connectivity index is 1.67. The third-order valence-electron chi connectivity index (χ3n) is 3.36. The molecule has 0 fully saturated rings. The highest BCUT2D eigenvalue weighted by atomic mass is 35.5. The van der Waals surface area contributed by atoms with Gasteiger partial charge in [-0.3, -0.25) is 9.78 Å². The van der Waals surface area contributed by atoms with Crippen LogP contribution in [0.5, 0.6) is 5.75 Å². The molecule has 1 amide bonds. The molecule has 25 heavy (non-hydrogen) atoms. The molecule has 7 heteroatoms. The van der Waals surface area contributed by atoms with Gasteiger partial charge in [0.1, 0.15) is 17.3 Å². The number of halogens is 1. The molecular formula is C18H14ClN3O3. The molecule has 0 aliphatic carbocycles. The summed E-state index contributed by atoms with van der Waals surface area (Å²) in [6, 6.07) is 12.1. The standard InChI is InChI=1S/C18H14ClN3O3/c1-24-17-4-2-13(10-15(17)19)16-5-3-14(25-16)11-21-22-18(23)12-6-8-20-9-7-12/h2-11H,1H3,(H,22,23)/b21-11-. The van der Waals surface area contributed by atoms with Crippen molar-refractivity contribution < 1.29 is 13.9 Å². The summed E-state index contributed by atoms with van der Waals surface area (Å²) in [5.74, 6) is 1.40. The van der Waals surface area contributed by atoms with Gasteiger partial charge in [-0.05, 0) is 42.5 Å². The van der Waals surface area contributed by atoms with Gasteiger partial charge in [0.05, 0.1) is 18.3 Å². The minimum atomic E-state index is -0.327. The van der Waals surface area contributed by atoms with Crippen molar-refractivity contribution in [3.63, 3.8) is 0 Å². The lowest BCUT2D eigenvalue weighted by atomic mass is 10.2. The lowest BCUT2D eigenvalue weighted by Crippen LogP contribution is -2.17. The molecule has 0 saturated carbocycles. The van der Waals surface area contributed by atoms with E-state index in [9.17, 15) is 4.79 Å². The van der Waals surface area contributed by atoms with Crippen LogP contribution in [0, 0.1) is 0 Å². The normalized spacial score (nSPS) is 10.8. The third-order valence-corrected chi connectivity index (χ3v) is 3.66. The summed E-state index contributed by atoms with van der Waals surface area (Å²) in [7, 11) is 1.56.